The fraction of sp³-hybridized carbons (Fsp3) is 0.356. The number of esters is 1. The smallest absolute Gasteiger partial charge is 0.336 e. The van der Waals surface area contributed by atoms with E-state index in [1.165, 1.54) is 38.2 Å². The summed E-state index contributed by atoms with van der Waals surface area (Å²) in [7, 11) is 0. The van der Waals surface area contributed by atoms with Gasteiger partial charge >= 0.3 is 5.97 Å². The quantitative estimate of drug-likeness (QED) is 0.0399. The van der Waals surface area contributed by atoms with Gasteiger partial charge in [0.2, 0.25) is 0 Å². The number of carbonyl (C=O) groups excluding carboxylic acids is 1. The lowest BCUT2D eigenvalue weighted by Gasteiger charge is -2.14. The first kappa shape index (κ1) is 41.9. The Labute approximate surface area is 306 Å². The highest BCUT2D eigenvalue weighted by molar-refractivity contribution is 6.32. The van der Waals surface area contributed by atoms with E-state index >= 15 is 0 Å². The second kappa shape index (κ2) is 26.6. The van der Waals surface area contributed by atoms with Crippen LogP contribution in [-0.2, 0) is 17.6 Å². The first-order valence-electron chi connectivity index (χ1n) is 18.2. The van der Waals surface area contributed by atoms with E-state index in [0.29, 0.717) is 17.2 Å². The van der Waals surface area contributed by atoms with Gasteiger partial charge in [-0.1, -0.05) is 181 Å². The lowest BCUT2D eigenvalue weighted by Crippen LogP contribution is -2.07. The molecule has 2 N–H and O–H groups in total. The Balaban J connectivity index is 1.80. The molecule has 2 rings (SSSR count). The molecule has 4 nitrogen and oxygen atoms in total. The molecule has 0 unspecified atom stereocenters. The maximum absolute atomic E-state index is 12.7. The Hall–Kier alpha value is -4.28. The molecule has 5 heteroatoms. The normalized spacial score (nSPS) is 12.7. The lowest BCUT2D eigenvalue weighted by molar-refractivity contribution is -0.129. The van der Waals surface area contributed by atoms with E-state index < -0.39 is 5.97 Å². The Bertz CT molecular complexity index is 1520. The fourth-order valence-corrected chi connectivity index (χ4v) is 5.34. The first-order chi connectivity index (χ1) is 24.3. The van der Waals surface area contributed by atoms with Crippen LogP contribution in [0.15, 0.2) is 121 Å². The average molecular weight is 697 g/mol. The zero-order valence-electron chi connectivity index (χ0n) is 30.3. The SMILES string of the molecule is CCCCCc1cc(O)c(CCCCCCCCC(C)C)c(OC(=O)C=CC=CC=CC=CC=CC=CC=CC=Cc2ccc(O)c(Cl)c2)c1. The second-order valence-electron chi connectivity index (χ2n) is 12.8. The van der Waals surface area contributed by atoms with Crippen LogP contribution in [0.3, 0.4) is 0 Å². The van der Waals surface area contributed by atoms with E-state index in [0.717, 1.165) is 61.1 Å². The van der Waals surface area contributed by atoms with E-state index in [1.807, 2.05) is 91.1 Å². The molecule has 0 aliphatic heterocycles. The number of benzene rings is 2. The number of unbranched alkanes of at least 4 members (excludes halogenated alkanes) is 7. The Morgan fingerprint density at radius 2 is 1.24 bits per heavy atom. The Morgan fingerprint density at radius 1 is 0.680 bits per heavy atom. The number of aromatic hydroxyl groups is 2. The van der Waals surface area contributed by atoms with Crippen LogP contribution in [0.25, 0.3) is 6.08 Å². The third-order valence-electron chi connectivity index (χ3n) is 7.92. The molecule has 0 saturated heterocycles. The molecule has 0 bridgehead atoms. The van der Waals surface area contributed by atoms with Crippen molar-refractivity contribution in [2.24, 2.45) is 5.92 Å². The third kappa shape index (κ3) is 19.7. The van der Waals surface area contributed by atoms with Gasteiger partial charge < -0.3 is 14.9 Å². The van der Waals surface area contributed by atoms with Crippen LogP contribution in [0.4, 0.5) is 0 Å². The van der Waals surface area contributed by atoms with E-state index in [-0.39, 0.29) is 11.5 Å². The number of allylic oxidation sites excluding steroid dienone is 14. The summed E-state index contributed by atoms with van der Waals surface area (Å²) in [6.07, 6.45) is 42.9. The summed E-state index contributed by atoms with van der Waals surface area (Å²) in [4.78, 5) is 12.7. The van der Waals surface area contributed by atoms with Gasteiger partial charge in [0.25, 0.3) is 0 Å². The molecule has 0 heterocycles. The molecule has 0 saturated carbocycles. The third-order valence-corrected chi connectivity index (χ3v) is 8.22. The minimum absolute atomic E-state index is 0.0764. The maximum atomic E-state index is 12.7. The monoisotopic (exact) mass is 696 g/mol. The largest absolute Gasteiger partial charge is 0.508 e. The predicted octanol–water partition coefficient (Wildman–Crippen LogP) is 12.9. The molecule has 268 valence electrons. The number of rotatable bonds is 23. The summed E-state index contributed by atoms with van der Waals surface area (Å²) in [5, 5.41) is 20.7. The molecule has 0 aliphatic carbocycles. The van der Waals surface area contributed by atoms with Crippen LogP contribution >= 0.6 is 11.6 Å². The first-order valence-corrected chi connectivity index (χ1v) is 18.6. The van der Waals surface area contributed by atoms with Crippen molar-refractivity contribution < 1.29 is 19.7 Å². The number of hydrogen-bond acceptors (Lipinski definition) is 4. The number of halogens is 1. The van der Waals surface area contributed by atoms with Crippen LogP contribution in [0.2, 0.25) is 5.02 Å². The van der Waals surface area contributed by atoms with Gasteiger partial charge in [-0.05, 0) is 67.0 Å². The number of carbonyl (C=O) groups is 1. The molecule has 0 aliphatic rings. The zero-order valence-corrected chi connectivity index (χ0v) is 31.0. The second-order valence-corrected chi connectivity index (χ2v) is 13.2. The minimum Gasteiger partial charge on any atom is -0.508 e. The van der Waals surface area contributed by atoms with Gasteiger partial charge in [0.1, 0.15) is 17.2 Å². The van der Waals surface area contributed by atoms with Crippen molar-refractivity contribution >= 4 is 23.6 Å². The van der Waals surface area contributed by atoms with E-state index in [2.05, 4.69) is 20.8 Å². The van der Waals surface area contributed by atoms with Crippen LogP contribution in [0.5, 0.6) is 17.2 Å². The number of ether oxygens (including phenoxy) is 1. The molecule has 2 aromatic carbocycles. The van der Waals surface area contributed by atoms with Crippen LogP contribution < -0.4 is 4.74 Å². The van der Waals surface area contributed by atoms with Crippen molar-refractivity contribution in [1.29, 1.82) is 0 Å². The van der Waals surface area contributed by atoms with Crippen molar-refractivity contribution in [1.82, 2.24) is 0 Å². The van der Waals surface area contributed by atoms with Gasteiger partial charge in [-0.2, -0.15) is 0 Å². The highest BCUT2D eigenvalue weighted by Crippen LogP contribution is 2.33. The van der Waals surface area contributed by atoms with Gasteiger partial charge in [0.15, 0.2) is 0 Å². The average Bonchev–Trinajstić information content (AvgIpc) is 3.08. The van der Waals surface area contributed by atoms with Gasteiger partial charge in [0.05, 0.1) is 5.02 Å². The summed E-state index contributed by atoms with van der Waals surface area (Å²) in [5.74, 6) is 1.09. The standard InChI is InChI=1S/C45H57ClO4/c1-4-5-22-29-39-35-43(48)40(30-25-20-17-16-18-23-27-37(2)3)44(36-39)50-45(49)31-26-21-15-13-11-9-7-6-8-10-12-14-19-24-28-38-32-33-42(47)41(46)34-38/h6-15,19,21,24,26,28,31-37,47-48H,4-5,16-18,20,22-23,25,27,29-30H2,1-3H3. The van der Waals surface area contributed by atoms with Gasteiger partial charge in [-0.25, -0.2) is 4.79 Å². The van der Waals surface area contributed by atoms with Crippen molar-refractivity contribution in [2.75, 3.05) is 0 Å². The van der Waals surface area contributed by atoms with Gasteiger partial charge in [-0.15, -0.1) is 0 Å². The van der Waals surface area contributed by atoms with E-state index in [1.54, 1.807) is 30.4 Å². The van der Waals surface area contributed by atoms with Crippen molar-refractivity contribution in [3.63, 3.8) is 0 Å². The topological polar surface area (TPSA) is 66.8 Å². The fourth-order valence-electron chi connectivity index (χ4n) is 5.15. The summed E-state index contributed by atoms with van der Waals surface area (Å²) in [6.45, 7) is 6.72. The van der Waals surface area contributed by atoms with Crippen molar-refractivity contribution in [3.8, 4) is 17.2 Å². The predicted molar refractivity (Wildman–Crippen MR) is 214 cm³/mol. The lowest BCUT2D eigenvalue weighted by atomic mass is 9.99. The molecule has 0 fully saturated rings. The number of phenols is 2. The van der Waals surface area contributed by atoms with Crippen molar-refractivity contribution in [2.45, 2.75) is 97.8 Å². The molecular formula is C45H57ClO4. The molecule has 0 aromatic heterocycles. The van der Waals surface area contributed by atoms with E-state index in [4.69, 9.17) is 16.3 Å². The summed E-state index contributed by atoms with van der Waals surface area (Å²) < 4.78 is 5.77. The molecular weight excluding hydrogens is 640 g/mol. The Morgan fingerprint density at radius 3 is 1.84 bits per heavy atom. The molecule has 2 aromatic rings. The van der Waals surface area contributed by atoms with Crippen LogP contribution in [-0.4, -0.2) is 16.2 Å². The highest BCUT2D eigenvalue weighted by Gasteiger charge is 2.14. The minimum atomic E-state index is -0.457. The van der Waals surface area contributed by atoms with Crippen LogP contribution in [0, 0.1) is 5.92 Å². The summed E-state index contributed by atoms with van der Waals surface area (Å²) in [6, 6.07) is 8.86. The number of aryl methyl sites for hydroxylation is 1. The maximum Gasteiger partial charge on any atom is 0.336 e. The summed E-state index contributed by atoms with van der Waals surface area (Å²) >= 11 is 5.91. The molecule has 0 spiro atoms. The highest BCUT2D eigenvalue weighted by atomic mass is 35.5. The number of hydrogen-bond donors (Lipinski definition) is 2. The van der Waals surface area contributed by atoms with Crippen molar-refractivity contribution in [3.05, 3.63) is 143 Å². The number of phenolic OH excluding ortho intramolecular Hbond substituents is 2. The molecule has 0 radical (unpaired) electrons. The summed E-state index contributed by atoms with van der Waals surface area (Å²) in [5.41, 5.74) is 2.64. The van der Waals surface area contributed by atoms with Gasteiger partial charge in [0, 0.05) is 11.6 Å². The Kier molecular flexibility index (Phi) is 22.3. The van der Waals surface area contributed by atoms with Crippen LogP contribution in [0.1, 0.15) is 102 Å². The molecule has 0 atom stereocenters. The van der Waals surface area contributed by atoms with Gasteiger partial charge in [-0.3, -0.25) is 0 Å². The zero-order chi connectivity index (χ0) is 36.2. The van der Waals surface area contributed by atoms with E-state index in [9.17, 15) is 15.0 Å². The molecule has 50 heavy (non-hydrogen) atoms. The molecule has 0 amide bonds.